The van der Waals surface area contributed by atoms with Crippen LogP contribution in [-0.4, -0.2) is 23.9 Å². The molecule has 3 nitrogen and oxygen atoms in total. The fourth-order valence-corrected chi connectivity index (χ4v) is 3.82. The number of anilines is 1. The summed E-state index contributed by atoms with van der Waals surface area (Å²) in [6.07, 6.45) is 3.50. The second-order valence-corrected chi connectivity index (χ2v) is 5.42. The number of piperidine rings is 1. The fraction of sp³-hybridized carbons (Fsp3) is 0.400. The molecular formula is C15H16N2O. The van der Waals surface area contributed by atoms with Crippen molar-refractivity contribution in [3.05, 3.63) is 29.3 Å². The number of carbonyl (C=O) groups excluding carboxylic acids is 1. The maximum absolute atomic E-state index is 11.2. The molecule has 0 saturated carbocycles. The summed E-state index contributed by atoms with van der Waals surface area (Å²) >= 11 is 0. The van der Waals surface area contributed by atoms with Crippen LogP contribution in [0.3, 0.4) is 0 Å². The van der Waals surface area contributed by atoms with Crippen LogP contribution < -0.4 is 4.90 Å². The Kier molecular flexibility index (Phi) is 1.91. The van der Waals surface area contributed by atoms with Gasteiger partial charge < -0.3 is 9.47 Å². The molecule has 0 amide bonds. The number of rotatable bonds is 1. The summed E-state index contributed by atoms with van der Waals surface area (Å²) in [7, 11) is 2.09. The maximum atomic E-state index is 11.2. The van der Waals surface area contributed by atoms with E-state index in [4.69, 9.17) is 0 Å². The Labute approximate surface area is 106 Å². The first kappa shape index (κ1) is 10.2. The highest BCUT2D eigenvalue weighted by Crippen LogP contribution is 2.47. The van der Waals surface area contributed by atoms with Gasteiger partial charge in [-0.1, -0.05) is 12.1 Å². The van der Waals surface area contributed by atoms with E-state index in [1.165, 1.54) is 29.6 Å². The number of fused-ring (bicyclic) bond motifs is 3. The van der Waals surface area contributed by atoms with E-state index in [1.807, 2.05) is 12.1 Å². The second-order valence-electron chi connectivity index (χ2n) is 5.42. The van der Waals surface area contributed by atoms with Crippen LogP contribution in [0.4, 0.5) is 5.82 Å². The van der Waals surface area contributed by atoms with Gasteiger partial charge in [-0.25, -0.2) is 0 Å². The van der Waals surface area contributed by atoms with E-state index < -0.39 is 0 Å². The molecule has 0 radical (unpaired) electrons. The highest BCUT2D eigenvalue weighted by atomic mass is 16.1. The smallest absolute Gasteiger partial charge is 0.152 e. The van der Waals surface area contributed by atoms with Gasteiger partial charge in [0.05, 0.1) is 5.52 Å². The van der Waals surface area contributed by atoms with Gasteiger partial charge in [0.1, 0.15) is 5.82 Å². The molecule has 2 aromatic rings. The van der Waals surface area contributed by atoms with Gasteiger partial charge in [-0.3, -0.25) is 4.79 Å². The third-order valence-corrected chi connectivity index (χ3v) is 4.58. The average molecular weight is 240 g/mol. The number of aldehydes is 1. The van der Waals surface area contributed by atoms with Gasteiger partial charge in [-0.2, -0.15) is 0 Å². The zero-order valence-corrected chi connectivity index (χ0v) is 10.5. The van der Waals surface area contributed by atoms with E-state index in [9.17, 15) is 4.79 Å². The predicted octanol–water partition coefficient (Wildman–Crippen LogP) is 2.69. The largest absolute Gasteiger partial charge is 0.358 e. The molecule has 1 aromatic carbocycles. The standard InChI is InChI=1S/C15H16N2O/c1-16-14-11(9-18)3-2-4-12(14)13-10-5-7-17(8-6-10)15(13)16/h2-4,9-10H,5-8H2,1H3. The first-order chi connectivity index (χ1) is 8.81. The van der Waals surface area contributed by atoms with E-state index in [0.29, 0.717) is 5.92 Å². The molecular weight excluding hydrogens is 224 g/mol. The first-order valence-electron chi connectivity index (χ1n) is 6.62. The lowest BCUT2D eigenvalue weighted by molar-refractivity contribution is 0.112. The van der Waals surface area contributed by atoms with Crippen molar-refractivity contribution in [1.29, 1.82) is 0 Å². The van der Waals surface area contributed by atoms with Crippen molar-refractivity contribution in [2.75, 3.05) is 18.0 Å². The zero-order valence-electron chi connectivity index (χ0n) is 10.5. The Hall–Kier alpha value is -1.77. The van der Waals surface area contributed by atoms with Crippen molar-refractivity contribution in [2.24, 2.45) is 7.05 Å². The summed E-state index contributed by atoms with van der Waals surface area (Å²) in [6, 6.07) is 6.09. The van der Waals surface area contributed by atoms with Crippen molar-refractivity contribution in [3.8, 4) is 0 Å². The molecule has 0 N–H and O–H groups in total. The highest BCUT2D eigenvalue weighted by molar-refractivity contribution is 6.01. The molecule has 3 aliphatic rings. The van der Waals surface area contributed by atoms with Crippen LogP contribution in [-0.2, 0) is 7.05 Å². The van der Waals surface area contributed by atoms with Gasteiger partial charge in [-0.15, -0.1) is 0 Å². The number of aryl methyl sites for hydroxylation is 1. The van der Waals surface area contributed by atoms with E-state index >= 15 is 0 Å². The molecule has 0 atom stereocenters. The number of nitrogens with zero attached hydrogens (tertiary/aromatic N) is 2. The minimum atomic E-state index is 0.690. The molecule has 1 saturated heterocycles. The van der Waals surface area contributed by atoms with Crippen molar-refractivity contribution >= 4 is 23.0 Å². The van der Waals surface area contributed by atoms with Crippen LogP contribution in [0.5, 0.6) is 0 Å². The Bertz CT molecular complexity index is 648. The van der Waals surface area contributed by atoms with Crippen LogP contribution in [0.1, 0.15) is 34.7 Å². The second kappa shape index (κ2) is 3.37. The molecule has 2 bridgehead atoms. The van der Waals surface area contributed by atoms with Crippen molar-refractivity contribution in [3.63, 3.8) is 0 Å². The monoisotopic (exact) mass is 240 g/mol. The van der Waals surface area contributed by atoms with E-state index in [0.717, 1.165) is 30.5 Å². The molecule has 3 heteroatoms. The molecule has 18 heavy (non-hydrogen) atoms. The number of aromatic nitrogens is 1. The van der Waals surface area contributed by atoms with E-state index in [2.05, 4.69) is 22.6 Å². The third-order valence-electron chi connectivity index (χ3n) is 4.58. The van der Waals surface area contributed by atoms with Gasteiger partial charge in [0, 0.05) is 36.7 Å². The van der Waals surface area contributed by atoms with Crippen molar-refractivity contribution < 1.29 is 4.79 Å². The van der Waals surface area contributed by atoms with Gasteiger partial charge in [0.15, 0.2) is 6.29 Å². The average Bonchev–Trinajstić information content (AvgIpc) is 2.76. The number of benzene rings is 1. The summed E-state index contributed by atoms with van der Waals surface area (Å²) in [5.41, 5.74) is 3.40. The number of carbonyl (C=O) groups is 1. The number of hydrogen-bond acceptors (Lipinski definition) is 2. The maximum Gasteiger partial charge on any atom is 0.152 e. The molecule has 5 rings (SSSR count). The molecule has 92 valence electrons. The van der Waals surface area contributed by atoms with Crippen molar-refractivity contribution in [2.45, 2.75) is 18.8 Å². The summed E-state index contributed by atoms with van der Waals surface area (Å²) < 4.78 is 2.22. The highest BCUT2D eigenvalue weighted by Gasteiger charge is 2.35. The van der Waals surface area contributed by atoms with Gasteiger partial charge in [0.25, 0.3) is 0 Å². The SMILES string of the molecule is Cn1c2c(c3cccc(C=O)c31)C1CCN2CC1. The number of hydrogen-bond donors (Lipinski definition) is 0. The van der Waals surface area contributed by atoms with Crippen LogP contribution in [0, 0.1) is 0 Å². The Morgan fingerprint density at radius 2 is 2.06 bits per heavy atom. The Balaban J connectivity index is 2.16. The molecule has 1 fully saturated rings. The lowest BCUT2D eigenvalue weighted by Crippen LogP contribution is -2.39. The van der Waals surface area contributed by atoms with Crippen LogP contribution >= 0.6 is 0 Å². The summed E-state index contributed by atoms with van der Waals surface area (Å²) in [5.74, 6) is 2.04. The summed E-state index contributed by atoms with van der Waals surface area (Å²) in [6.45, 7) is 2.33. The predicted molar refractivity (Wildman–Crippen MR) is 72.5 cm³/mol. The Morgan fingerprint density at radius 1 is 1.28 bits per heavy atom. The fourth-order valence-electron chi connectivity index (χ4n) is 3.82. The molecule has 3 aliphatic heterocycles. The van der Waals surface area contributed by atoms with Gasteiger partial charge >= 0.3 is 0 Å². The van der Waals surface area contributed by atoms with Crippen molar-refractivity contribution in [1.82, 2.24) is 4.57 Å². The molecule has 4 heterocycles. The van der Waals surface area contributed by atoms with Gasteiger partial charge in [0.2, 0.25) is 0 Å². The Morgan fingerprint density at radius 3 is 2.78 bits per heavy atom. The zero-order chi connectivity index (χ0) is 12.3. The van der Waals surface area contributed by atoms with Crippen LogP contribution in [0.15, 0.2) is 18.2 Å². The van der Waals surface area contributed by atoms with Crippen LogP contribution in [0.2, 0.25) is 0 Å². The minimum Gasteiger partial charge on any atom is -0.358 e. The molecule has 1 aromatic heterocycles. The first-order valence-corrected chi connectivity index (χ1v) is 6.62. The normalized spacial score (nSPS) is 18.4. The molecule has 0 spiro atoms. The third kappa shape index (κ3) is 1.07. The quantitative estimate of drug-likeness (QED) is 0.716. The molecule has 0 aliphatic carbocycles. The minimum absolute atomic E-state index is 0.690. The van der Waals surface area contributed by atoms with Gasteiger partial charge in [-0.05, 0) is 24.8 Å². The summed E-state index contributed by atoms with van der Waals surface area (Å²) in [4.78, 5) is 13.7. The lowest BCUT2D eigenvalue weighted by Gasteiger charge is -2.41. The summed E-state index contributed by atoms with van der Waals surface area (Å²) in [5, 5.41) is 1.28. The topological polar surface area (TPSA) is 25.2 Å². The van der Waals surface area contributed by atoms with E-state index in [1.54, 1.807) is 0 Å². The van der Waals surface area contributed by atoms with Crippen LogP contribution in [0.25, 0.3) is 10.9 Å². The van der Waals surface area contributed by atoms with E-state index in [-0.39, 0.29) is 0 Å². The molecule has 0 unspecified atom stereocenters. The lowest BCUT2D eigenvalue weighted by atomic mass is 9.84. The number of para-hydroxylation sites is 1.